The van der Waals surface area contributed by atoms with E-state index in [1.54, 1.807) is 6.92 Å². The van der Waals surface area contributed by atoms with E-state index in [1.807, 2.05) is 0 Å². The molecular weight excluding hydrogens is 320 g/mol. The van der Waals surface area contributed by atoms with Crippen molar-refractivity contribution in [2.45, 2.75) is 51.6 Å². The molecule has 4 bridgehead atoms. The number of esters is 1. The van der Waals surface area contributed by atoms with Crippen LogP contribution in [-0.4, -0.2) is 34.9 Å². The van der Waals surface area contributed by atoms with Crippen molar-refractivity contribution in [3.8, 4) is 0 Å². The molecule has 0 aromatic carbocycles. The average Bonchev–Trinajstić information content (AvgIpc) is 2.97. The molecule has 0 aromatic rings. The molecule has 1 saturated heterocycles. The molecule has 2 N–H and O–H groups in total. The van der Waals surface area contributed by atoms with Gasteiger partial charge in [-0.3, -0.25) is 9.59 Å². The predicted molar refractivity (Wildman–Crippen MR) is 88.4 cm³/mol. The van der Waals surface area contributed by atoms with Gasteiger partial charge in [-0.15, -0.1) is 0 Å². The first-order valence-electron chi connectivity index (χ1n) is 9.53. The fourth-order valence-corrected chi connectivity index (χ4v) is 8.12. The molecule has 5 fully saturated rings. The molecule has 1 heterocycles. The first-order valence-corrected chi connectivity index (χ1v) is 9.53. The Morgan fingerprint density at radius 3 is 2.76 bits per heavy atom. The number of aliphatic carboxylic acids is 1. The molecule has 4 aliphatic carbocycles. The van der Waals surface area contributed by atoms with E-state index in [0.717, 1.165) is 32.1 Å². The second-order valence-electron chi connectivity index (χ2n) is 9.54. The van der Waals surface area contributed by atoms with Crippen molar-refractivity contribution in [2.75, 3.05) is 6.61 Å². The van der Waals surface area contributed by atoms with Crippen LogP contribution in [0.25, 0.3) is 0 Å². The second-order valence-corrected chi connectivity index (χ2v) is 9.54. The van der Waals surface area contributed by atoms with E-state index in [2.05, 4.69) is 6.58 Å². The number of hydrogen-bond acceptors (Lipinski definition) is 4. The summed E-state index contributed by atoms with van der Waals surface area (Å²) in [6.07, 6.45) is 4.20. The number of ether oxygens (including phenoxy) is 1. The van der Waals surface area contributed by atoms with Crippen molar-refractivity contribution in [1.82, 2.24) is 0 Å². The highest BCUT2D eigenvalue weighted by Gasteiger charge is 2.79. The lowest BCUT2D eigenvalue weighted by atomic mass is 9.50. The molecule has 1 aliphatic heterocycles. The Morgan fingerprint density at radius 2 is 2.04 bits per heavy atom. The number of cyclic esters (lactones) is 1. The molecule has 4 saturated carbocycles. The summed E-state index contributed by atoms with van der Waals surface area (Å²) in [4.78, 5) is 25.2. The number of carboxylic acid groups (broad SMARTS) is 1. The average molecular weight is 346 g/mol. The van der Waals surface area contributed by atoms with Crippen molar-refractivity contribution < 1.29 is 24.5 Å². The Hall–Kier alpha value is -1.36. The van der Waals surface area contributed by atoms with Crippen LogP contribution in [0.1, 0.15) is 45.4 Å². The summed E-state index contributed by atoms with van der Waals surface area (Å²) in [5.41, 5.74) is -0.516. The van der Waals surface area contributed by atoms with Gasteiger partial charge in [0.15, 0.2) is 0 Å². The number of carboxylic acids is 1. The number of hydrogen-bond donors (Lipinski definition) is 2. The summed E-state index contributed by atoms with van der Waals surface area (Å²) in [7, 11) is 0. The third-order valence-corrected chi connectivity index (χ3v) is 8.92. The Labute approximate surface area is 147 Å². The summed E-state index contributed by atoms with van der Waals surface area (Å²) in [5, 5.41) is 21.0. The van der Waals surface area contributed by atoms with Crippen LogP contribution >= 0.6 is 0 Å². The topological polar surface area (TPSA) is 83.8 Å². The van der Waals surface area contributed by atoms with Crippen molar-refractivity contribution in [2.24, 2.45) is 39.9 Å². The molecule has 5 heteroatoms. The summed E-state index contributed by atoms with van der Waals surface area (Å²) in [5.74, 6) is -1.47. The Balaban J connectivity index is 1.76. The van der Waals surface area contributed by atoms with Gasteiger partial charge < -0.3 is 14.9 Å². The van der Waals surface area contributed by atoms with Crippen molar-refractivity contribution >= 4 is 11.9 Å². The monoisotopic (exact) mass is 346 g/mol. The molecule has 5 nitrogen and oxygen atoms in total. The molecule has 1 spiro atoms. The fraction of sp³-hybridized carbons (Fsp3) is 0.800. The van der Waals surface area contributed by atoms with E-state index in [-0.39, 0.29) is 22.7 Å². The van der Waals surface area contributed by atoms with Crippen LogP contribution in [-0.2, 0) is 14.3 Å². The van der Waals surface area contributed by atoms with Gasteiger partial charge in [0.1, 0.15) is 0 Å². The van der Waals surface area contributed by atoms with Crippen LogP contribution in [0.3, 0.4) is 0 Å². The lowest BCUT2D eigenvalue weighted by molar-refractivity contribution is -0.220. The van der Waals surface area contributed by atoms with E-state index in [4.69, 9.17) is 4.74 Å². The Bertz CT molecular complexity index is 700. The van der Waals surface area contributed by atoms with Gasteiger partial charge in [0.25, 0.3) is 0 Å². The Morgan fingerprint density at radius 1 is 1.28 bits per heavy atom. The van der Waals surface area contributed by atoms with Crippen molar-refractivity contribution in [3.05, 3.63) is 12.2 Å². The third kappa shape index (κ3) is 1.52. The van der Waals surface area contributed by atoms with Gasteiger partial charge in [-0.1, -0.05) is 12.2 Å². The van der Waals surface area contributed by atoms with Gasteiger partial charge in [0.2, 0.25) is 0 Å². The number of fused-ring (bicyclic) bond motifs is 1. The van der Waals surface area contributed by atoms with Crippen LogP contribution in [0.5, 0.6) is 0 Å². The molecule has 25 heavy (non-hydrogen) atoms. The third-order valence-electron chi connectivity index (χ3n) is 8.92. The van der Waals surface area contributed by atoms with Crippen molar-refractivity contribution in [3.63, 3.8) is 0 Å². The van der Waals surface area contributed by atoms with Gasteiger partial charge in [-0.25, -0.2) is 0 Å². The van der Waals surface area contributed by atoms with Gasteiger partial charge in [0.05, 0.1) is 24.0 Å². The molecule has 5 aliphatic rings. The number of carbonyl (C=O) groups excluding carboxylic acids is 1. The molecule has 0 amide bonds. The summed E-state index contributed by atoms with van der Waals surface area (Å²) in [6.45, 7) is 6.33. The molecule has 136 valence electrons. The van der Waals surface area contributed by atoms with E-state index in [9.17, 15) is 19.8 Å². The number of aliphatic hydroxyl groups excluding tert-OH is 1. The highest BCUT2D eigenvalue weighted by molar-refractivity contribution is 5.82. The van der Waals surface area contributed by atoms with Crippen LogP contribution < -0.4 is 0 Å². The highest BCUT2D eigenvalue weighted by atomic mass is 16.5. The Kier molecular flexibility index (Phi) is 2.84. The SMILES string of the molecule is C=C1C[C@]23C[C@H]1CC[C@H]2[C@@]12CC[C@H](O)[C@](C)(C(=O)OC1)[C@H]2[C@@H]3C(=O)O. The molecule has 0 aromatic heterocycles. The summed E-state index contributed by atoms with van der Waals surface area (Å²) < 4.78 is 5.62. The summed E-state index contributed by atoms with van der Waals surface area (Å²) in [6, 6.07) is 0. The highest BCUT2D eigenvalue weighted by Crippen LogP contribution is 2.78. The van der Waals surface area contributed by atoms with Gasteiger partial charge in [-0.2, -0.15) is 0 Å². The summed E-state index contributed by atoms with van der Waals surface area (Å²) >= 11 is 0. The molecule has 5 rings (SSSR count). The standard InChI is InChI=1S/C20H26O5/c1-10-7-20-8-11(10)3-4-12(20)19-6-5-13(21)18(2,17(24)25-9-19)15(19)14(20)16(22)23/h11-15,21H,1,3-9H2,2H3,(H,22,23)/t11-,12+,13+,14-,15-,18+,19-,20+/m1/s1. The predicted octanol–water partition coefficient (Wildman–Crippen LogP) is 2.38. The largest absolute Gasteiger partial charge is 0.481 e. The zero-order valence-corrected chi connectivity index (χ0v) is 14.7. The van der Waals surface area contributed by atoms with E-state index < -0.39 is 29.4 Å². The molecular formula is C20H26O5. The zero-order valence-electron chi connectivity index (χ0n) is 14.7. The normalized spacial score (nSPS) is 56.2. The lowest BCUT2D eigenvalue weighted by Crippen LogP contribution is -2.63. The fourth-order valence-electron chi connectivity index (χ4n) is 8.12. The number of carbonyl (C=O) groups is 2. The van der Waals surface area contributed by atoms with E-state index >= 15 is 0 Å². The number of rotatable bonds is 1. The maximum atomic E-state index is 12.7. The number of allylic oxidation sites excluding steroid dienone is 1. The first-order chi connectivity index (χ1) is 11.8. The lowest BCUT2D eigenvalue weighted by Gasteiger charge is -2.57. The first kappa shape index (κ1) is 15.9. The molecule has 0 radical (unpaired) electrons. The van der Waals surface area contributed by atoms with Gasteiger partial charge in [-0.05, 0) is 62.7 Å². The van der Waals surface area contributed by atoms with Crippen LogP contribution in [0.15, 0.2) is 12.2 Å². The minimum Gasteiger partial charge on any atom is -0.481 e. The minimum atomic E-state index is -1.11. The quantitative estimate of drug-likeness (QED) is 0.563. The maximum absolute atomic E-state index is 12.7. The molecule has 8 atom stereocenters. The van der Waals surface area contributed by atoms with Crippen LogP contribution in [0, 0.1) is 39.9 Å². The van der Waals surface area contributed by atoms with Gasteiger partial charge in [0, 0.05) is 11.3 Å². The van der Waals surface area contributed by atoms with Crippen LogP contribution in [0.4, 0.5) is 0 Å². The number of aliphatic hydroxyl groups is 1. The van der Waals surface area contributed by atoms with Crippen LogP contribution in [0.2, 0.25) is 0 Å². The maximum Gasteiger partial charge on any atom is 0.314 e. The minimum absolute atomic E-state index is 0.251. The second kappa shape index (κ2) is 4.48. The molecule has 0 unspecified atom stereocenters. The van der Waals surface area contributed by atoms with Crippen molar-refractivity contribution in [1.29, 1.82) is 0 Å². The smallest absolute Gasteiger partial charge is 0.314 e. The zero-order chi connectivity index (χ0) is 17.8. The van der Waals surface area contributed by atoms with Gasteiger partial charge >= 0.3 is 11.9 Å². The van der Waals surface area contributed by atoms with E-state index in [0.29, 0.717) is 18.9 Å². The van der Waals surface area contributed by atoms with E-state index in [1.165, 1.54) is 5.57 Å².